The maximum Gasteiger partial charge on any atom is 0.278 e. The van der Waals surface area contributed by atoms with Gasteiger partial charge in [-0.3, -0.25) is 9.63 Å². The van der Waals surface area contributed by atoms with Crippen molar-refractivity contribution in [1.29, 1.82) is 0 Å². The number of aromatic hydroxyl groups is 1. The molecule has 88 valence electrons. The molecule has 0 aliphatic rings. The summed E-state index contributed by atoms with van der Waals surface area (Å²) in [5.41, 5.74) is 2.15. The predicted molar refractivity (Wildman–Crippen MR) is 56.3 cm³/mol. The van der Waals surface area contributed by atoms with Gasteiger partial charge in [0.25, 0.3) is 5.91 Å². The van der Waals surface area contributed by atoms with E-state index >= 15 is 0 Å². The lowest BCUT2D eigenvalue weighted by Gasteiger charge is -2.08. The fraction of sp³-hybridized carbons (Fsp3) is 0.364. The van der Waals surface area contributed by atoms with Gasteiger partial charge in [-0.2, -0.15) is 0 Å². The highest BCUT2D eigenvalue weighted by Crippen LogP contribution is 2.17. The molecule has 0 heterocycles. The van der Waals surface area contributed by atoms with Crippen molar-refractivity contribution in [2.24, 2.45) is 5.92 Å². The van der Waals surface area contributed by atoms with Crippen LogP contribution in [0.2, 0.25) is 0 Å². The van der Waals surface area contributed by atoms with Crippen LogP contribution in [0.15, 0.2) is 18.2 Å². The predicted octanol–water partition coefficient (Wildman–Crippen LogP) is 1.85. The second-order valence-corrected chi connectivity index (χ2v) is 3.80. The molecule has 2 N–H and O–H groups in total. The lowest BCUT2D eigenvalue weighted by molar-refractivity contribution is 0.0207. The van der Waals surface area contributed by atoms with E-state index < -0.39 is 17.5 Å². The molecule has 1 amide bonds. The average Bonchev–Trinajstić information content (AvgIpc) is 2.16. The van der Waals surface area contributed by atoms with Crippen molar-refractivity contribution < 1.29 is 19.1 Å². The molecule has 0 bridgehead atoms. The first kappa shape index (κ1) is 12.4. The fourth-order valence-electron chi connectivity index (χ4n) is 1.03. The van der Waals surface area contributed by atoms with Gasteiger partial charge in [-0.25, -0.2) is 9.87 Å². The zero-order valence-corrected chi connectivity index (χ0v) is 9.16. The van der Waals surface area contributed by atoms with Gasteiger partial charge in [-0.15, -0.1) is 0 Å². The third kappa shape index (κ3) is 3.51. The molecular weight excluding hydrogens is 213 g/mol. The van der Waals surface area contributed by atoms with E-state index in [4.69, 9.17) is 4.84 Å². The van der Waals surface area contributed by atoms with Gasteiger partial charge < -0.3 is 5.11 Å². The Morgan fingerprint density at radius 1 is 1.56 bits per heavy atom. The van der Waals surface area contributed by atoms with Crippen molar-refractivity contribution in [2.45, 2.75) is 13.8 Å². The van der Waals surface area contributed by atoms with Crippen LogP contribution in [-0.4, -0.2) is 17.6 Å². The third-order valence-corrected chi connectivity index (χ3v) is 1.79. The molecule has 1 aromatic rings. The van der Waals surface area contributed by atoms with Gasteiger partial charge in [0.15, 0.2) is 0 Å². The zero-order chi connectivity index (χ0) is 12.1. The minimum atomic E-state index is -0.600. The van der Waals surface area contributed by atoms with Crippen molar-refractivity contribution in [3.63, 3.8) is 0 Å². The van der Waals surface area contributed by atoms with E-state index in [1.54, 1.807) is 0 Å². The molecule has 0 spiro atoms. The van der Waals surface area contributed by atoms with Crippen molar-refractivity contribution in [3.05, 3.63) is 29.6 Å². The topological polar surface area (TPSA) is 58.6 Å². The summed E-state index contributed by atoms with van der Waals surface area (Å²) >= 11 is 0. The molecule has 1 rings (SSSR count). The number of hydroxylamine groups is 1. The maximum atomic E-state index is 12.6. The van der Waals surface area contributed by atoms with Crippen LogP contribution in [0.25, 0.3) is 0 Å². The number of hydrogen-bond acceptors (Lipinski definition) is 3. The molecule has 4 nitrogen and oxygen atoms in total. The standard InChI is InChI=1S/C11H14FNO3/c1-7(2)6-16-13-11(15)9-4-3-8(12)5-10(9)14/h3-5,7,14H,6H2,1-2H3,(H,13,15). The first-order valence-electron chi connectivity index (χ1n) is 4.91. The molecule has 0 fully saturated rings. The number of rotatable bonds is 4. The minimum absolute atomic E-state index is 0.0230. The van der Waals surface area contributed by atoms with Crippen LogP contribution in [0.3, 0.4) is 0 Å². The summed E-state index contributed by atoms with van der Waals surface area (Å²) in [6.45, 7) is 4.23. The van der Waals surface area contributed by atoms with Crippen LogP contribution in [-0.2, 0) is 4.84 Å². The smallest absolute Gasteiger partial charge is 0.278 e. The number of phenols is 1. The molecule has 0 saturated carbocycles. The van der Waals surface area contributed by atoms with Crippen LogP contribution < -0.4 is 5.48 Å². The molecule has 0 aromatic heterocycles. The third-order valence-electron chi connectivity index (χ3n) is 1.79. The first-order chi connectivity index (χ1) is 7.50. The summed E-state index contributed by atoms with van der Waals surface area (Å²) in [6, 6.07) is 3.16. The SMILES string of the molecule is CC(C)CONC(=O)c1ccc(F)cc1O. The lowest BCUT2D eigenvalue weighted by atomic mass is 10.2. The molecule has 0 unspecified atom stereocenters. The van der Waals surface area contributed by atoms with Gasteiger partial charge in [0, 0.05) is 6.07 Å². The van der Waals surface area contributed by atoms with Gasteiger partial charge in [-0.05, 0) is 18.1 Å². The van der Waals surface area contributed by atoms with Gasteiger partial charge in [0.1, 0.15) is 11.6 Å². The largest absolute Gasteiger partial charge is 0.507 e. The second-order valence-electron chi connectivity index (χ2n) is 3.80. The fourth-order valence-corrected chi connectivity index (χ4v) is 1.03. The summed E-state index contributed by atoms with van der Waals surface area (Å²) in [5.74, 6) is -1.33. The molecule has 5 heteroatoms. The van der Waals surface area contributed by atoms with Crippen LogP contribution in [0.4, 0.5) is 4.39 Å². The van der Waals surface area contributed by atoms with E-state index in [2.05, 4.69) is 5.48 Å². The number of phenolic OH excluding ortho intramolecular Hbond substituents is 1. The molecular formula is C11H14FNO3. The van der Waals surface area contributed by atoms with Crippen LogP contribution >= 0.6 is 0 Å². The van der Waals surface area contributed by atoms with Gasteiger partial charge in [0.05, 0.1) is 12.2 Å². The Labute approximate surface area is 93.0 Å². The number of benzene rings is 1. The highest BCUT2D eigenvalue weighted by atomic mass is 19.1. The number of halogens is 1. The van der Waals surface area contributed by atoms with Crippen molar-refractivity contribution in [2.75, 3.05) is 6.61 Å². The van der Waals surface area contributed by atoms with Gasteiger partial charge in [-0.1, -0.05) is 13.8 Å². The Bertz CT molecular complexity index is 379. The molecule has 0 aliphatic carbocycles. The van der Waals surface area contributed by atoms with E-state index in [1.165, 1.54) is 6.07 Å². The van der Waals surface area contributed by atoms with Crippen molar-refractivity contribution in [1.82, 2.24) is 5.48 Å². The summed E-state index contributed by atoms with van der Waals surface area (Å²) in [4.78, 5) is 16.3. The summed E-state index contributed by atoms with van der Waals surface area (Å²) < 4.78 is 12.6. The van der Waals surface area contributed by atoms with E-state index in [0.717, 1.165) is 12.1 Å². The van der Waals surface area contributed by atoms with E-state index in [1.807, 2.05) is 13.8 Å². The van der Waals surface area contributed by atoms with E-state index in [0.29, 0.717) is 6.61 Å². The molecule has 0 saturated heterocycles. The van der Waals surface area contributed by atoms with Crippen LogP contribution in [0.5, 0.6) is 5.75 Å². The monoisotopic (exact) mass is 227 g/mol. The summed E-state index contributed by atoms with van der Waals surface area (Å²) in [6.07, 6.45) is 0. The number of nitrogens with one attached hydrogen (secondary N) is 1. The van der Waals surface area contributed by atoms with E-state index in [9.17, 15) is 14.3 Å². The van der Waals surface area contributed by atoms with Crippen LogP contribution in [0, 0.1) is 11.7 Å². The van der Waals surface area contributed by atoms with Gasteiger partial charge in [0.2, 0.25) is 0 Å². The lowest BCUT2D eigenvalue weighted by Crippen LogP contribution is -2.25. The van der Waals surface area contributed by atoms with Gasteiger partial charge >= 0.3 is 0 Å². The number of amides is 1. The molecule has 0 aliphatic heterocycles. The maximum absolute atomic E-state index is 12.6. The second kappa shape index (κ2) is 5.46. The average molecular weight is 227 g/mol. The zero-order valence-electron chi connectivity index (χ0n) is 9.16. The quantitative estimate of drug-likeness (QED) is 0.772. The van der Waals surface area contributed by atoms with Crippen molar-refractivity contribution in [3.8, 4) is 5.75 Å². The highest BCUT2D eigenvalue weighted by molar-refractivity contribution is 5.96. The van der Waals surface area contributed by atoms with Crippen molar-refractivity contribution >= 4 is 5.91 Å². The Hall–Kier alpha value is -1.62. The van der Waals surface area contributed by atoms with E-state index in [-0.39, 0.29) is 11.5 Å². The Balaban J connectivity index is 2.59. The number of carbonyl (C=O) groups excluding carboxylic acids is 1. The Kier molecular flexibility index (Phi) is 4.25. The molecule has 0 radical (unpaired) electrons. The molecule has 16 heavy (non-hydrogen) atoms. The Morgan fingerprint density at radius 2 is 2.25 bits per heavy atom. The minimum Gasteiger partial charge on any atom is -0.507 e. The number of carbonyl (C=O) groups is 1. The molecule has 1 aromatic carbocycles. The number of hydrogen-bond donors (Lipinski definition) is 2. The normalized spacial score (nSPS) is 10.5. The molecule has 0 atom stereocenters. The first-order valence-corrected chi connectivity index (χ1v) is 4.91. The van der Waals surface area contributed by atoms with Crippen LogP contribution in [0.1, 0.15) is 24.2 Å². The Morgan fingerprint density at radius 3 is 2.81 bits per heavy atom. The summed E-state index contributed by atoms with van der Waals surface area (Å²) in [5, 5.41) is 9.31. The summed E-state index contributed by atoms with van der Waals surface area (Å²) in [7, 11) is 0. The highest BCUT2D eigenvalue weighted by Gasteiger charge is 2.11.